The first kappa shape index (κ1) is 37.5. The second kappa shape index (κ2) is 16.9. The van der Waals surface area contributed by atoms with Crippen molar-refractivity contribution in [3.63, 3.8) is 0 Å². The second-order valence-corrected chi connectivity index (χ2v) is 14.7. The molecule has 0 aliphatic carbocycles. The van der Waals surface area contributed by atoms with Gasteiger partial charge in [0.25, 0.3) is 0 Å². The molecule has 10 aromatic rings. The Morgan fingerprint density at radius 1 is 0.242 bits per heavy atom. The van der Waals surface area contributed by atoms with Crippen LogP contribution in [0.15, 0.2) is 212 Å². The molecule has 62 heavy (non-hydrogen) atoms. The van der Waals surface area contributed by atoms with Crippen LogP contribution in [0.5, 0.6) is 0 Å². The van der Waals surface area contributed by atoms with E-state index in [1.165, 1.54) is 0 Å². The summed E-state index contributed by atoms with van der Waals surface area (Å²) < 4.78 is 0. The Bertz CT molecular complexity index is 3220. The maximum atomic E-state index is 9.54. The van der Waals surface area contributed by atoms with Gasteiger partial charge < -0.3 is 0 Å². The summed E-state index contributed by atoms with van der Waals surface area (Å²) in [6.45, 7) is 0. The summed E-state index contributed by atoms with van der Waals surface area (Å²) >= 11 is 0. The van der Waals surface area contributed by atoms with Crippen molar-refractivity contribution >= 4 is 0 Å². The minimum Gasteiger partial charge on any atom is -0.208 e. The largest absolute Gasteiger partial charge is 0.208 e. The van der Waals surface area contributed by atoms with Crippen molar-refractivity contribution < 1.29 is 0 Å². The molecule has 7 heteroatoms. The van der Waals surface area contributed by atoms with Gasteiger partial charge in [-0.3, -0.25) is 0 Å². The number of benzene rings is 8. The van der Waals surface area contributed by atoms with Crippen molar-refractivity contribution in [2.75, 3.05) is 0 Å². The Balaban J connectivity index is 1.03. The molecule has 290 valence electrons. The van der Waals surface area contributed by atoms with Crippen LogP contribution < -0.4 is 0 Å². The first-order valence-electron chi connectivity index (χ1n) is 20.3. The summed E-state index contributed by atoms with van der Waals surface area (Å²) in [5.41, 5.74) is 12.0. The van der Waals surface area contributed by atoms with Gasteiger partial charge in [-0.05, 0) is 51.6 Å². The van der Waals surface area contributed by atoms with Crippen LogP contribution in [0, 0.1) is 11.3 Å². The van der Waals surface area contributed by atoms with Crippen molar-refractivity contribution in [3.8, 4) is 108 Å². The van der Waals surface area contributed by atoms with Gasteiger partial charge in [-0.2, -0.15) is 5.26 Å². The molecule has 0 spiro atoms. The van der Waals surface area contributed by atoms with Crippen LogP contribution in [0.2, 0.25) is 0 Å². The molecule has 0 saturated carbocycles. The summed E-state index contributed by atoms with van der Waals surface area (Å²) in [7, 11) is 0. The third-order valence-electron chi connectivity index (χ3n) is 10.7. The number of nitriles is 1. The molecule has 0 amide bonds. The number of hydrogen-bond donors (Lipinski definition) is 0. The van der Waals surface area contributed by atoms with E-state index < -0.39 is 0 Å². The van der Waals surface area contributed by atoms with E-state index in [0.29, 0.717) is 40.5 Å². The lowest BCUT2D eigenvalue weighted by Gasteiger charge is -2.13. The monoisotopic (exact) mass is 793 g/mol. The van der Waals surface area contributed by atoms with E-state index in [1.54, 1.807) is 6.07 Å². The van der Waals surface area contributed by atoms with Gasteiger partial charge in [-0.15, -0.1) is 0 Å². The fourth-order valence-electron chi connectivity index (χ4n) is 7.47. The van der Waals surface area contributed by atoms with E-state index in [1.807, 2.05) is 133 Å². The molecule has 0 atom stereocenters. The van der Waals surface area contributed by atoms with Crippen molar-refractivity contribution in [2.45, 2.75) is 0 Å². The normalized spacial score (nSPS) is 10.9. The minimum atomic E-state index is 0.548. The van der Waals surface area contributed by atoms with Crippen LogP contribution in [0.4, 0.5) is 0 Å². The van der Waals surface area contributed by atoms with Crippen LogP contribution in [0.1, 0.15) is 5.56 Å². The van der Waals surface area contributed by atoms with Crippen LogP contribution in [0.3, 0.4) is 0 Å². The number of aromatic nitrogens is 6. The van der Waals surface area contributed by atoms with Crippen LogP contribution in [0.25, 0.3) is 102 Å². The summed E-state index contributed by atoms with van der Waals surface area (Å²) in [4.78, 5) is 30.1. The smallest absolute Gasteiger partial charge is 0.164 e. The predicted octanol–water partition coefficient (Wildman–Crippen LogP) is 12.9. The summed E-state index contributed by atoms with van der Waals surface area (Å²) in [6, 6.07) is 73.0. The third kappa shape index (κ3) is 7.87. The average molecular weight is 794 g/mol. The highest BCUT2D eigenvalue weighted by atomic mass is 15.0. The van der Waals surface area contributed by atoms with Gasteiger partial charge in [0.05, 0.1) is 11.6 Å². The molecule has 0 fully saturated rings. The minimum absolute atomic E-state index is 0.548. The van der Waals surface area contributed by atoms with E-state index in [-0.39, 0.29) is 0 Å². The van der Waals surface area contributed by atoms with Gasteiger partial charge in [0.15, 0.2) is 34.9 Å². The Kier molecular flexibility index (Phi) is 10.2. The van der Waals surface area contributed by atoms with Crippen molar-refractivity contribution in [1.82, 2.24) is 29.9 Å². The highest BCUT2D eigenvalue weighted by Gasteiger charge is 2.18. The van der Waals surface area contributed by atoms with Crippen LogP contribution in [-0.2, 0) is 0 Å². The predicted molar refractivity (Wildman–Crippen MR) is 247 cm³/mol. The summed E-state index contributed by atoms with van der Waals surface area (Å²) in [5, 5.41) is 9.54. The molecule has 0 aliphatic rings. The zero-order chi connectivity index (χ0) is 41.7. The Morgan fingerprint density at radius 3 is 1.11 bits per heavy atom. The molecule has 2 heterocycles. The molecule has 0 N–H and O–H groups in total. The zero-order valence-electron chi connectivity index (χ0n) is 33.3. The molecule has 0 saturated heterocycles. The first-order valence-corrected chi connectivity index (χ1v) is 20.3. The topological polar surface area (TPSA) is 101 Å². The molecule has 8 aromatic carbocycles. The SMILES string of the molecule is N#Cc1cccc(-c2cccc(-c3nc(-c4ccccc4)nc(-c4ccccc4-c4ccc(-c5nc(-c6ccccc6)nc(-c6ccc(-c7ccccc7)cc6)n5)cc4)n3)c2)c1. The van der Waals surface area contributed by atoms with E-state index in [0.717, 1.165) is 66.8 Å². The Morgan fingerprint density at radius 2 is 0.581 bits per heavy atom. The lowest BCUT2D eigenvalue weighted by Crippen LogP contribution is -2.01. The maximum Gasteiger partial charge on any atom is 0.164 e. The zero-order valence-corrected chi connectivity index (χ0v) is 33.3. The Hall–Kier alpha value is -8.73. The molecule has 0 bridgehead atoms. The molecule has 2 aromatic heterocycles. The molecular weight excluding hydrogens is 759 g/mol. The van der Waals surface area contributed by atoms with Gasteiger partial charge in [-0.25, -0.2) is 29.9 Å². The van der Waals surface area contributed by atoms with Gasteiger partial charge >= 0.3 is 0 Å². The molecule has 10 rings (SSSR count). The van der Waals surface area contributed by atoms with Gasteiger partial charge in [-0.1, -0.05) is 194 Å². The lowest BCUT2D eigenvalue weighted by molar-refractivity contribution is 1.07. The highest BCUT2D eigenvalue weighted by Crippen LogP contribution is 2.35. The lowest BCUT2D eigenvalue weighted by atomic mass is 9.97. The number of nitrogens with zero attached hydrogens (tertiary/aromatic N) is 7. The summed E-state index contributed by atoms with van der Waals surface area (Å²) in [6.07, 6.45) is 0. The van der Waals surface area contributed by atoms with E-state index >= 15 is 0 Å². The third-order valence-corrected chi connectivity index (χ3v) is 10.7. The quantitative estimate of drug-likeness (QED) is 0.143. The van der Waals surface area contributed by atoms with E-state index in [9.17, 15) is 5.26 Å². The van der Waals surface area contributed by atoms with Crippen LogP contribution in [-0.4, -0.2) is 29.9 Å². The highest BCUT2D eigenvalue weighted by molar-refractivity contribution is 5.83. The van der Waals surface area contributed by atoms with Gasteiger partial charge in [0.2, 0.25) is 0 Å². The van der Waals surface area contributed by atoms with Crippen molar-refractivity contribution in [2.24, 2.45) is 0 Å². The second-order valence-electron chi connectivity index (χ2n) is 14.7. The number of hydrogen-bond acceptors (Lipinski definition) is 7. The number of rotatable bonds is 9. The van der Waals surface area contributed by atoms with E-state index in [4.69, 9.17) is 29.9 Å². The Labute approximate surface area is 359 Å². The van der Waals surface area contributed by atoms with Crippen molar-refractivity contribution in [3.05, 3.63) is 218 Å². The maximum absolute atomic E-state index is 9.54. The summed E-state index contributed by atoms with van der Waals surface area (Å²) in [5.74, 6) is 3.46. The molecule has 0 aliphatic heterocycles. The van der Waals surface area contributed by atoms with Crippen molar-refractivity contribution in [1.29, 1.82) is 5.26 Å². The standard InChI is InChI=1S/C55H35N7/c56-36-37-14-12-21-45(34-37)46-22-13-23-47(35-46)54-60-51(42-19-8-3-9-20-42)61-55(62-54)49-25-11-10-24-48(49)40-28-32-44(33-29-40)53-58-50(41-17-6-2-7-18-41)57-52(59-53)43-30-26-39(27-31-43)38-15-4-1-5-16-38/h1-35H. The first-order chi connectivity index (χ1) is 30.6. The van der Waals surface area contributed by atoms with Gasteiger partial charge in [0.1, 0.15) is 0 Å². The van der Waals surface area contributed by atoms with Gasteiger partial charge in [0, 0.05) is 33.4 Å². The molecule has 0 unspecified atom stereocenters. The van der Waals surface area contributed by atoms with E-state index in [2.05, 4.69) is 78.9 Å². The molecular formula is C55H35N7. The fourth-order valence-corrected chi connectivity index (χ4v) is 7.47. The average Bonchev–Trinajstić information content (AvgIpc) is 3.37. The van der Waals surface area contributed by atoms with Crippen LogP contribution >= 0.6 is 0 Å². The molecule has 0 radical (unpaired) electrons. The molecule has 7 nitrogen and oxygen atoms in total. The fraction of sp³-hybridized carbons (Fsp3) is 0.